The third kappa shape index (κ3) is 4.47. The SMILES string of the molecule is C[C@H](c1cc(F)cc(F)c1)N(CC=Cc1cnc2c(c1)C[C@@]1(C2)C(=O)Nc2ncccc21)C(=O)C1(C(F)(F)F)CC1. The summed E-state index contributed by atoms with van der Waals surface area (Å²) in [4.78, 5) is 36.0. The average Bonchev–Trinajstić information content (AvgIpc) is 3.59. The van der Waals surface area contributed by atoms with E-state index in [1.807, 2.05) is 12.1 Å². The minimum Gasteiger partial charge on any atom is -0.331 e. The van der Waals surface area contributed by atoms with Gasteiger partial charge in [0.1, 0.15) is 22.9 Å². The van der Waals surface area contributed by atoms with Crippen LogP contribution in [0.3, 0.4) is 0 Å². The smallest absolute Gasteiger partial charge is 0.331 e. The molecule has 3 aromatic rings. The Morgan fingerprint density at radius 1 is 1.12 bits per heavy atom. The van der Waals surface area contributed by atoms with Gasteiger partial charge < -0.3 is 10.2 Å². The van der Waals surface area contributed by atoms with Crippen molar-refractivity contribution in [3.8, 4) is 0 Å². The van der Waals surface area contributed by atoms with Crippen molar-refractivity contribution in [1.29, 1.82) is 0 Å². The molecule has 41 heavy (non-hydrogen) atoms. The molecule has 1 aromatic carbocycles. The lowest BCUT2D eigenvalue weighted by molar-refractivity contribution is -0.199. The van der Waals surface area contributed by atoms with Crippen LogP contribution in [0.5, 0.6) is 0 Å². The molecule has 2 amide bonds. The van der Waals surface area contributed by atoms with E-state index in [-0.39, 0.29) is 30.9 Å². The number of hydrogen-bond donors (Lipinski definition) is 1. The molecule has 2 aliphatic carbocycles. The number of amides is 2. The first kappa shape index (κ1) is 27.0. The van der Waals surface area contributed by atoms with E-state index in [9.17, 15) is 31.5 Å². The maximum Gasteiger partial charge on any atom is 0.403 e. The highest BCUT2D eigenvalue weighted by molar-refractivity contribution is 6.06. The van der Waals surface area contributed by atoms with E-state index >= 15 is 0 Å². The number of benzene rings is 1. The molecule has 3 heterocycles. The van der Waals surface area contributed by atoms with Gasteiger partial charge in [-0.15, -0.1) is 0 Å². The van der Waals surface area contributed by atoms with Crippen molar-refractivity contribution < 1.29 is 31.5 Å². The molecule has 0 radical (unpaired) electrons. The molecule has 11 heteroatoms. The van der Waals surface area contributed by atoms with Gasteiger partial charge in [0.25, 0.3) is 0 Å². The van der Waals surface area contributed by atoms with Crippen molar-refractivity contribution in [3.63, 3.8) is 0 Å². The van der Waals surface area contributed by atoms with E-state index in [1.165, 1.54) is 13.0 Å². The normalized spacial score (nSPS) is 21.1. The van der Waals surface area contributed by atoms with Crippen molar-refractivity contribution in [2.24, 2.45) is 5.41 Å². The average molecular weight is 569 g/mol. The van der Waals surface area contributed by atoms with Crippen LogP contribution < -0.4 is 5.32 Å². The monoisotopic (exact) mass is 568 g/mol. The Hall–Kier alpha value is -4.15. The van der Waals surface area contributed by atoms with E-state index in [1.54, 1.807) is 24.5 Å². The second kappa shape index (κ2) is 9.46. The molecular formula is C30H25F5N4O2. The Kier molecular flexibility index (Phi) is 6.24. The number of halogens is 5. The number of carbonyl (C=O) groups is 2. The topological polar surface area (TPSA) is 75.2 Å². The highest BCUT2D eigenvalue weighted by Gasteiger charge is 2.69. The van der Waals surface area contributed by atoms with Crippen LogP contribution in [-0.2, 0) is 27.8 Å². The summed E-state index contributed by atoms with van der Waals surface area (Å²) in [5.74, 6) is -2.50. The first-order valence-corrected chi connectivity index (χ1v) is 13.2. The molecule has 6 nitrogen and oxygen atoms in total. The van der Waals surface area contributed by atoms with Gasteiger partial charge in [0.15, 0.2) is 0 Å². The molecule has 1 N–H and O–H groups in total. The zero-order valence-corrected chi connectivity index (χ0v) is 21.9. The molecule has 0 saturated heterocycles. The van der Waals surface area contributed by atoms with Crippen molar-refractivity contribution >= 4 is 23.7 Å². The van der Waals surface area contributed by atoms with Crippen molar-refractivity contribution in [2.75, 3.05) is 11.9 Å². The quantitative estimate of drug-likeness (QED) is 0.388. The number of fused-ring (bicyclic) bond motifs is 3. The molecule has 1 spiro atoms. The largest absolute Gasteiger partial charge is 0.403 e. The lowest BCUT2D eigenvalue weighted by Crippen LogP contribution is -2.45. The van der Waals surface area contributed by atoms with Crippen LogP contribution in [0.1, 0.15) is 53.8 Å². The number of alkyl halides is 3. The number of aromatic nitrogens is 2. The highest BCUT2D eigenvalue weighted by atomic mass is 19.4. The summed E-state index contributed by atoms with van der Waals surface area (Å²) in [7, 11) is 0. The fourth-order valence-corrected chi connectivity index (χ4v) is 5.96. The summed E-state index contributed by atoms with van der Waals surface area (Å²) in [5, 5.41) is 2.84. The van der Waals surface area contributed by atoms with Crippen molar-refractivity contribution in [3.05, 3.63) is 94.5 Å². The Labute approximate surface area is 232 Å². The first-order chi connectivity index (χ1) is 19.4. The summed E-state index contributed by atoms with van der Waals surface area (Å²) in [5.41, 5.74) is -0.141. The molecule has 6 rings (SSSR count). The maximum absolute atomic E-state index is 13.9. The summed E-state index contributed by atoms with van der Waals surface area (Å²) >= 11 is 0. The van der Waals surface area contributed by atoms with Gasteiger partial charge in [-0.2, -0.15) is 13.2 Å². The lowest BCUT2D eigenvalue weighted by Gasteiger charge is -2.33. The van der Waals surface area contributed by atoms with E-state index in [0.717, 1.165) is 33.9 Å². The van der Waals surface area contributed by atoms with Crippen molar-refractivity contribution in [2.45, 2.75) is 50.2 Å². The molecular weight excluding hydrogens is 543 g/mol. The number of pyridine rings is 2. The lowest BCUT2D eigenvalue weighted by atomic mass is 9.80. The molecule has 2 aromatic heterocycles. The maximum atomic E-state index is 13.9. The second-order valence-electron chi connectivity index (χ2n) is 11.0. The zero-order chi connectivity index (χ0) is 29.2. The fraction of sp³-hybridized carbons (Fsp3) is 0.333. The summed E-state index contributed by atoms with van der Waals surface area (Å²) in [6.07, 6.45) is 1.82. The molecule has 2 atom stereocenters. The summed E-state index contributed by atoms with van der Waals surface area (Å²) in [6, 6.07) is 7.18. The molecule has 0 unspecified atom stereocenters. The van der Waals surface area contributed by atoms with Crippen LogP contribution in [0.15, 0.2) is 54.9 Å². The van der Waals surface area contributed by atoms with Gasteiger partial charge in [-0.3, -0.25) is 14.6 Å². The van der Waals surface area contributed by atoms with Gasteiger partial charge in [-0.05, 0) is 67.1 Å². The second-order valence-corrected chi connectivity index (χ2v) is 11.0. The Morgan fingerprint density at radius 3 is 2.54 bits per heavy atom. The fourth-order valence-electron chi connectivity index (χ4n) is 5.96. The minimum atomic E-state index is -4.74. The van der Waals surface area contributed by atoms with Crippen LogP contribution in [-0.4, -0.2) is 39.4 Å². The predicted molar refractivity (Wildman–Crippen MR) is 139 cm³/mol. The Balaban J connectivity index is 1.25. The summed E-state index contributed by atoms with van der Waals surface area (Å²) in [6.45, 7) is 1.22. The molecule has 3 aliphatic rings. The van der Waals surface area contributed by atoms with Crippen LogP contribution >= 0.6 is 0 Å². The molecule has 1 aliphatic heterocycles. The number of nitrogens with one attached hydrogen (secondary N) is 1. The van der Waals surface area contributed by atoms with Crippen LogP contribution in [0.25, 0.3) is 6.08 Å². The molecule has 1 fully saturated rings. The van der Waals surface area contributed by atoms with Gasteiger partial charge in [0.05, 0.1) is 11.5 Å². The predicted octanol–water partition coefficient (Wildman–Crippen LogP) is 5.69. The third-order valence-corrected chi connectivity index (χ3v) is 8.44. The number of rotatable bonds is 6. The molecule has 1 saturated carbocycles. The van der Waals surface area contributed by atoms with Crippen LogP contribution in [0.2, 0.25) is 0 Å². The Morgan fingerprint density at radius 2 is 1.85 bits per heavy atom. The van der Waals surface area contributed by atoms with Gasteiger partial charge in [0.2, 0.25) is 11.8 Å². The standard InChI is InChI=1S/C30H25F5N4O2/c1-17(19-11-21(31)13-22(32)12-19)39(27(41)29(6-7-29)30(33,34)35)9-3-4-18-10-20-14-28(15-24(20)37-16-18)23-5-2-8-36-25(23)38-26(28)40/h2-5,8,10-13,16-17H,6-7,9,14-15H2,1H3,(H,36,38,40)/t17-,28+/m1/s1. The number of nitrogens with zero attached hydrogens (tertiary/aromatic N) is 3. The molecule has 0 bridgehead atoms. The molecule has 212 valence electrons. The number of hydrogen-bond acceptors (Lipinski definition) is 4. The Bertz CT molecular complexity index is 1580. The van der Waals surface area contributed by atoms with Crippen LogP contribution in [0, 0.1) is 17.0 Å². The van der Waals surface area contributed by atoms with E-state index in [2.05, 4.69) is 15.3 Å². The first-order valence-electron chi connectivity index (χ1n) is 13.2. The third-order valence-electron chi connectivity index (χ3n) is 8.44. The number of anilines is 1. The van der Waals surface area contributed by atoms with Crippen molar-refractivity contribution in [1.82, 2.24) is 14.9 Å². The van der Waals surface area contributed by atoms with Gasteiger partial charge in [0, 0.05) is 42.7 Å². The zero-order valence-electron chi connectivity index (χ0n) is 21.9. The number of carbonyl (C=O) groups excluding carboxylic acids is 2. The van der Waals surface area contributed by atoms with E-state index in [0.29, 0.717) is 30.3 Å². The highest BCUT2D eigenvalue weighted by Crippen LogP contribution is 2.59. The van der Waals surface area contributed by atoms with Gasteiger partial charge in [-0.1, -0.05) is 18.2 Å². The van der Waals surface area contributed by atoms with Crippen LogP contribution in [0.4, 0.5) is 27.8 Å². The minimum absolute atomic E-state index is 0.0522. The van der Waals surface area contributed by atoms with E-state index in [4.69, 9.17) is 0 Å². The van der Waals surface area contributed by atoms with E-state index < -0.39 is 40.6 Å². The summed E-state index contributed by atoms with van der Waals surface area (Å²) < 4.78 is 69.3. The van der Waals surface area contributed by atoms with Gasteiger partial charge in [-0.25, -0.2) is 13.8 Å². The van der Waals surface area contributed by atoms with Gasteiger partial charge >= 0.3 is 6.18 Å².